The number of unbranched alkanes of at least 4 members (excludes halogenated alkanes) is 9. The Morgan fingerprint density at radius 1 is 0.516 bits per heavy atom. The third-order valence-corrected chi connectivity index (χ3v) is 11.1. The molecule has 0 N–H and O–H groups in total. The second kappa shape index (κ2) is 23.3. The zero-order chi connectivity index (χ0) is 43.7. The van der Waals surface area contributed by atoms with Crippen LogP contribution in [-0.2, 0) is 40.4 Å². The molecule has 0 spiro atoms. The quantitative estimate of drug-likeness (QED) is 0.0410. The average molecular weight is 928 g/mol. The van der Waals surface area contributed by atoms with E-state index in [1.165, 1.54) is 41.0 Å². The molecule has 0 amide bonds. The molecule has 0 aliphatic heterocycles. The van der Waals surface area contributed by atoms with Gasteiger partial charge in [0.15, 0.2) is 0 Å². The summed E-state index contributed by atoms with van der Waals surface area (Å²) in [6.07, 6.45) is 12.1. The molecule has 64 heavy (non-hydrogen) atoms. The Kier molecular flexibility index (Phi) is 18.4. The number of hydrogen-bond acceptors (Lipinski definition) is 14. The number of rotatable bonds is 21. The molecular formula is C43H43N7Na2O10S2. The summed E-state index contributed by atoms with van der Waals surface area (Å²) in [5.74, 6) is 0.518. The van der Waals surface area contributed by atoms with Crippen LogP contribution in [0, 0.1) is 0 Å². The number of fused-ring (bicyclic) bond motifs is 2. The van der Waals surface area contributed by atoms with Gasteiger partial charge in [-0.05, 0) is 85.6 Å². The molecule has 7 aromatic rings. The van der Waals surface area contributed by atoms with E-state index in [-0.39, 0.29) is 88.3 Å². The van der Waals surface area contributed by atoms with Gasteiger partial charge >= 0.3 is 59.1 Å². The van der Waals surface area contributed by atoms with Crippen LogP contribution in [0.5, 0.6) is 11.5 Å². The summed E-state index contributed by atoms with van der Waals surface area (Å²) in [5.41, 5.74) is 2.30. The molecular weight excluding hydrogens is 885 g/mol. The van der Waals surface area contributed by atoms with Gasteiger partial charge < -0.3 is 17.5 Å². The van der Waals surface area contributed by atoms with E-state index in [1.54, 1.807) is 63.8 Å². The van der Waals surface area contributed by atoms with Gasteiger partial charge in [-0.1, -0.05) is 80.8 Å². The first kappa shape index (κ1) is 50.7. The molecule has 4 aromatic carbocycles. The Labute approximate surface area is 414 Å². The van der Waals surface area contributed by atoms with Gasteiger partial charge in [0.05, 0.1) is 34.5 Å². The molecule has 0 unspecified atom stereocenters. The maximum Gasteiger partial charge on any atom is 1.00 e. The van der Waals surface area contributed by atoms with Crippen LogP contribution in [-0.4, -0.2) is 60.0 Å². The van der Waals surface area contributed by atoms with Gasteiger partial charge in [0.2, 0.25) is 0 Å². The maximum absolute atomic E-state index is 13.7. The molecule has 0 atom stereocenters. The third kappa shape index (κ3) is 13.9. The Hall–Kier alpha value is -4.28. The van der Waals surface area contributed by atoms with Crippen molar-refractivity contribution in [2.24, 2.45) is 0 Å². The van der Waals surface area contributed by atoms with E-state index in [2.05, 4.69) is 18.7 Å². The Balaban J connectivity index is 0.00000385. The monoisotopic (exact) mass is 927 g/mol. The van der Waals surface area contributed by atoms with Crippen molar-refractivity contribution < 1.29 is 93.4 Å². The van der Waals surface area contributed by atoms with Crippen LogP contribution in [0.15, 0.2) is 113 Å². The maximum atomic E-state index is 13.7. The average Bonchev–Trinajstić information content (AvgIpc) is 3.69. The number of aromatic nitrogens is 7. The first-order valence-electron chi connectivity index (χ1n) is 20.2. The van der Waals surface area contributed by atoms with Crippen LogP contribution >= 0.6 is 0 Å². The van der Waals surface area contributed by atoms with E-state index in [0.29, 0.717) is 63.4 Å². The van der Waals surface area contributed by atoms with Crippen molar-refractivity contribution in [1.82, 2.24) is 34.1 Å². The van der Waals surface area contributed by atoms with Gasteiger partial charge in [-0.25, -0.2) is 26.8 Å². The van der Waals surface area contributed by atoms with Crippen LogP contribution < -0.4 is 78.6 Å². The number of nitrogens with zero attached hydrogens (tertiary/aromatic N) is 7. The third-order valence-electron chi connectivity index (χ3n) is 10.3. The fourth-order valence-corrected chi connectivity index (χ4v) is 8.02. The summed E-state index contributed by atoms with van der Waals surface area (Å²) in [4.78, 5) is 36.6. The summed E-state index contributed by atoms with van der Waals surface area (Å²) in [6, 6.07) is 25.7. The number of hydrogen-bond donors (Lipinski definition) is 0. The summed E-state index contributed by atoms with van der Waals surface area (Å²) in [6.45, 7) is 1.25. The van der Waals surface area contributed by atoms with Gasteiger partial charge in [-0.3, -0.25) is 23.4 Å². The van der Waals surface area contributed by atoms with Crippen LogP contribution in [0.25, 0.3) is 44.6 Å². The second-order valence-electron chi connectivity index (χ2n) is 14.8. The molecule has 7 rings (SSSR count). The number of benzene rings is 4. The van der Waals surface area contributed by atoms with E-state index >= 15 is 0 Å². The van der Waals surface area contributed by atoms with Crippen molar-refractivity contribution >= 4 is 42.6 Å². The van der Waals surface area contributed by atoms with Crippen LogP contribution in [0.1, 0.15) is 69.9 Å². The van der Waals surface area contributed by atoms with E-state index in [9.17, 15) is 35.5 Å². The minimum atomic E-state index is -4.94. The molecule has 324 valence electrons. The van der Waals surface area contributed by atoms with Crippen molar-refractivity contribution in [1.29, 1.82) is 0 Å². The van der Waals surface area contributed by atoms with Crippen LogP contribution in [0.3, 0.4) is 0 Å². The minimum absolute atomic E-state index is 0. The fraction of sp³-hybridized carbons (Fsp3) is 0.302. The van der Waals surface area contributed by atoms with Crippen molar-refractivity contribution in [2.45, 2.75) is 83.8 Å². The Morgan fingerprint density at radius 2 is 0.922 bits per heavy atom. The predicted molar refractivity (Wildman–Crippen MR) is 229 cm³/mol. The number of para-hydroxylation sites is 2. The summed E-state index contributed by atoms with van der Waals surface area (Å²) in [7, 11) is -9.85. The molecule has 0 fully saturated rings. The smallest absolute Gasteiger partial charge is 0.716 e. The molecule has 0 saturated carbocycles. The molecule has 17 nitrogen and oxygen atoms in total. The number of aryl methyl sites for hydroxylation is 1. The molecule has 0 saturated heterocycles. The van der Waals surface area contributed by atoms with Gasteiger partial charge in [0, 0.05) is 24.2 Å². The molecule has 0 aliphatic rings. The van der Waals surface area contributed by atoms with Gasteiger partial charge in [0.25, 0.3) is 31.9 Å². The van der Waals surface area contributed by atoms with Gasteiger partial charge in [-0.2, -0.15) is 0 Å². The van der Waals surface area contributed by atoms with E-state index in [1.807, 2.05) is 12.3 Å². The largest absolute Gasteiger partial charge is 1.00 e. The molecule has 3 heterocycles. The summed E-state index contributed by atoms with van der Waals surface area (Å²) in [5, 5.41) is 9.54. The van der Waals surface area contributed by atoms with Crippen LogP contribution in [0.2, 0.25) is 0 Å². The van der Waals surface area contributed by atoms with Gasteiger partial charge in [-0.15, -0.1) is 5.10 Å². The standard InChI is InChI=1S/C43H45N7O10S2.2Na/c51-42-36-15-9-11-17-38(36)44-40(31-19-23-34(24-20-31)59-61(53,54)55)49(42)28-14-8-6-4-2-1-3-5-7-13-27-48-29-33(46-47-48)30-50-41(45-39-18-12-10-16-37(39)43(50)52)32-21-25-35(26-22-32)60-62(56,57)58;;/h9-12,15-26,29H,1-8,13-14,27-28,30H2,(H,53,54,55)(H,56,57,58);;/q;2*+1/p-2. The Bertz CT molecular complexity index is 3020. The topological polar surface area (TPSA) is 233 Å². The normalized spacial score (nSPS) is 11.6. The fourth-order valence-electron chi connectivity index (χ4n) is 7.33. The first-order chi connectivity index (χ1) is 29.8. The van der Waals surface area contributed by atoms with Crippen molar-refractivity contribution in [3.63, 3.8) is 0 Å². The van der Waals surface area contributed by atoms with Crippen molar-refractivity contribution in [3.05, 3.63) is 130 Å². The SMILES string of the molecule is O=c1c2ccccc2nc(-c2ccc(OS(=O)(=O)[O-])cc2)n1CCCCCCCCCCCCn1cc(Cn2c(-c3ccc(OS(=O)(=O)[O-])cc3)nc3ccccc3c2=O)nn1.[Na+].[Na+]. The molecule has 0 radical (unpaired) electrons. The first-order valence-corrected chi connectivity index (χ1v) is 22.9. The summed E-state index contributed by atoms with van der Waals surface area (Å²) < 4.78 is 79.8. The summed E-state index contributed by atoms with van der Waals surface area (Å²) >= 11 is 0. The van der Waals surface area contributed by atoms with E-state index < -0.39 is 20.8 Å². The molecule has 21 heteroatoms. The van der Waals surface area contributed by atoms with Crippen molar-refractivity contribution in [3.8, 4) is 34.3 Å². The minimum Gasteiger partial charge on any atom is -0.716 e. The predicted octanol–water partition coefficient (Wildman–Crippen LogP) is 0.367. The van der Waals surface area contributed by atoms with Crippen LogP contribution in [0.4, 0.5) is 0 Å². The molecule has 0 aliphatic carbocycles. The van der Waals surface area contributed by atoms with E-state index in [0.717, 1.165) is 64.2 Å². The zero-order valence-electron chi connectivity index (χ0n) is 35.5. The zero-order valence-corrected chi connectivity index (χ0v) is 41.2. The van der Waals surface area contributed by atoms with Crippen molar-refractivity contribution in [2.75, 3.05) is 0 Å². The Morgan fingerprint density at radius 3 is 1.39 bits per heavy atom. The molecule has 0 bridgehead atoms. The second-order valence-corrected chi connectivity index (χ2v) is 16.8. The van der Waals surface area contributed by atoms with Gasteiger partial charge in [0.1, 0.15) is 28.8 Å². The molecule has 3 aromatic heterocycles. The van der Waals surface area contributed by atoms with E-state index in [4.69, 9.17) is 9.97 Å².